The van der Waals surface area contributed by atoms with Gasteiger partial charge >= 0.3 is 5.97 Å². The van der Waals surface area contributed by atoms with Gasteiger partial charge in [-0.15, -0.1) is 0 Å². The first-order valence-corrected chi connectivity index (χ1v) is 9.55. The van der Waals surface area contributed by atoms with E-state index in [0.717, 1.165) is 29.1 Å². The van der Waals surface area contributed by atoms with Gasteiger partial charge in [0.05, 0.1) is 34.6 Å². The molecule has 0 bridgehead atoms. The molecule has 2 aromatic heterocycles. The molecule has 0 saturated heterocycles. The number of ether oxygens (including phenoxy) is 1. The van der Waals surface area contributed by atoms with Gasteiger partial charge in [0.1, 0.15) is 11.6 Å². The van der Waals surface area contributed by atoms with Crippen molar-refractivity contribution in [2.24, 2.45) is 0 Å². The lowest BCUT2D eigenvalue weighted by Crippen LogP contribution is -2.08. The molecule has 0 aliphatic carbocycles. The van der Waals surface area contributed by atoms with Crippen molar-refractivity contribution >= 4 is 17.0 Å². The van der Waals surface area contributed by atoms with Gasteiger partial charge in [-0.2, -0.15) is 5.10 Å². The van der Waals surface area contributed by atoms with Gasteiger partial charge in [-0.25, -0.2) is 18.9 Å². The Morgan fingerprint density at radius 1 is 1.14 bits per heavy atom. The monoisotopic (exact) mass is 392 g/mol. The molecule has 2 aromatic carbocycles. The zero-order valence-electron chi connectivity index (χ0n) is 16.3. The highest BCUT2D eigenvalue weighted by Gasteiger charge is 2.16. The Labute approximate surface area is 167 Å². The number of halogens is 1. The first-order valence-electron chi connectivity index (χ1n) is 9.55. The summed E-state index contributed by atoms with van der Waals surface area (Å²) >= 11 is 0. The maximum Gasteiger partial charge on any atom is 0.338 e. The summed E-state index contributed by atoms with van der Waals surface area (Å²) in [4.78, 5) is 16.8. The van der Waals surface area contributed by atoms with Crippen LogP contribution in [-0.2, 0) is 17.7 Å². The van der Waals surface area contributed by atoms with Gasteiger partial charge in [0.25, 0.3) is 0 Å². The number of hydrogen-bond acceptors (Lipinski definition) is 4. The number of carbonyl (C=O) groups is 1. The van der Waals surface area contributed by atoms with E-state index in [1.807, 2.05) is 25.1 Å². The van der Waals surface area contributed by atoms with Crippen LogP contribution < -0.4 is 0 Å². The van der Waals surface area contributed by atoms with E-state index in [2.05, 4.69) is 9.67 Å². The van der Waals surface area contributed by atoms with Crippen LogP contribution in [0.15, 0.2) is 54.7 Å². The maximum atomic E-state index is 13.6. The van der Waals surface area contributed by atoms with Gasteiger partial charge in [0, 0.05) is 19.2 Å². The fourth-order valence-electron chi connectivity index (χ4n) is 3.48. The number of carbonyl (C=O) groups excluding carboxylic acids is 1. The van der Waals surface area contributed by atoms with Crippen molar-refractivity contribution in [1.29, 1.82) is 0 Å². The summed E-state index contributed by atoms with van der Waals surface area (Å²) in [6.07, 6.45) is 2.21. The molecule has 148 valence electrons. The van der Waals surface area contributed by atoms with Crippen molar-refractivity contribution in [1.82, 2.24) is 19.3 Å². The Morgan fingerprint density at radius 3 is 2.76 bits per heavy atom. The second-order valence-corrected chi connectivity index (χ2v) is 6.59. The van der Waals surface area contributed by atoms with E-state index in [0.29, 0.717) is 24.3 Å². The first kappa shape index (κ1) is 18.9. The molecule has 0 radical (unpaired) electrons. The van der Waals surface area contributed by atoms with E-state index in [1.165, 1.54) is 12.1 Å². The van der Waals surface area contributed by atoms with Gasteiger partial charge in [-0.3, -0.25) is 0 Å². The SMILES string of the molecule is CCOC(=O)c1ccc2c(c1)nc(Cc1ccnn1-c1cccc(F)c1)n2CC. The molecule has 0 N–H and O–H groups in total. The highest BCUT2D eigenvalue weighted by molar-refractivity contribution is 5.93. The van der Waals surface area contributed by atoms with Crippen LogP contribution in [0.1, 0.15) is 35.7 Å². The minimum absolute atomic E-state index is 0.309. The van der Waals surface area contributed by atoms with E-state index in [9.17, 15) is 9.18 Å². The normalized spacial score (nSPS) is 11.1. The third-order valence-electron chi connectivity index (χ3n) is 4.77. The standard InChI is InChI=1S/C22H21FN4O2/c1-3-26-20-9-8-15(22(28)29-4-2)12-19(20)25-21(26)14-18-10-11-24-27(18)17-7-5-6-16(23)13-17/h5-13H,3-4,14H2,1-2H3. The van der Waals surface area contributed by atoms with Crippen LogP contribution in [0.3, 0.4) is 0 Å². The quantitative estimate of drug-likeness (QED) is 0.463. The summed E-state index contributed by atoms with van der Waals surface area (Å²) in [5, 5.41) is 4.34. The van der Waals surface area contributed by atoms with E-state index >= 15 is 0 Å². The molecule has 4 aromatic rings. The van der Waals surface area contributed by atoms with Crippen LogP contribution in [0, 0.1) is 5.82 Å². The van der Waals surface area contributed by atoms with Crippen LogP contribution in [0.25, 0.3) is 16.7 Å². The third-order valence-corrected chi connectivity index (χ3v) is 4.77. The molecule has 29 heavy (non-hydrogen) atoms. The van der Waals surface area contributed by atoms with Gasteiger partial charge in [-0.05, 0) is 56.3 Å². The van der Waals surface area contributed by atoms with Gasteiger partial charge < -0.3 is 9.30 Å². The summed E-state index contributed by atoms with van der Waals surface area (Å²) < 4.78 is 22.5. The van der Waals surface area contributed by atoms with Crippen LogP contribution >= 0.6 is 0 Å². The van der Waals surface area contributed by atoms with Gasteiger partial charge in [-0.1, -0.05) is 6.07 Å². The molecule has 6 nitrogen and oxygen atoms in total. The maximum absolute atomic E-state index is 13.6. The van der Waals surface area contributed by atoms with Crippen LogP contribution in [0.4, 0.5) is 4.39 Å². The molecule has 4 rings (SSSR count). The smallest absolute Gasteiger partial charge is 0.338 e. The zero-order valence-corrected chi connectivity index (χ0v) is 16.3. The van der Waals surface area contributed by atoms with Crippen molar-refractivity contribution < 1.29 is 13.9 Å². The Hall–Kier alpha value is -3.48. The number of fused-ring (bicyclic) bond motifs is 1. The Kier molecular flexibility index (Phi) is 5.12. The number of benzene rings is 2. The molecule has 7 heteroatoms. The average Bonchev–Trinajstić information content (AvgIpc) is 3.31. The van der Waals surface area contributed by atoms with Crippen LogP contribution in [0.2, 0.25) is 0 Å². The fraction of sp³-hybridized carbons (Fsp3) is 0.227. The summed E-state index contributed by atoms with van der Waals surface area (Å²) in [6, 6.07) is 13.6. The molecule has 0 saturated carbocycles. The van der Waals surface area contributed by atoms with Crippen LogP contribution in [0.5, 0.6) is 0 Å². The Balaban J connectivity index is 1.72. The number of esters is 1. The van der Waals surface area contributed by atoms with Crippen molar-refractivity contribution in [3.8, 4) is 5.69 Å². The lowest BCUT2D eigenvalue weighted by molar-refractivity contribution is 0.0526. The molecule has 0 atom stereocenters. The molecule has 0 spiro atoms. The summed E-state index contributed by atoms with van der Waals surface area (Å²) in [7, 11) is 0. The molecule has 2 heterocycles. The Morgan fingerprint density at radius 2 is 2.00 bits per heavy atom. The van der Waals surface area contributed by atoms with E-state index in [-0.39, 0.29) is 11.8 Å². The van der Waals surface area contributed by atoms with E-state index in [1.54, 1.807) is 36.0 Å². The average molecular weight is 392 g/mol. The second-order valence-electron chi connectivity index (χ2n) is 6.59. The Bertz CT molecular complexity index is 1180. The number of rotatable bonds is 6. The predicted molar refractivity (Wildman–Crippen MR) is 108 cm³/mol. The van der Waals surface area contributed by atoms with Crippen molar-refractivity contribution in [2.75, 3.05) is 6.61 Å². The number of hydrogen-bond donors (Lipinski definition) is 0. The molecule has 0 aliphatic rings. The van der Waals surface area contributed by atoms with Crippen LogP contribution in [-0.4, -0.2) is 31.9 Å². The van der Waals surface area contributed by atoms with Gasteiger partial charge in [0.2, 0.25) is 0 Å². The molecule has 0 unspecified atom stereocenters. The lowest BCUT2D eigenvalue weighted by atomic mass is 10.2. The minimum Gasteiger partial charge on any atom is -0.462 e. The zero-order chi connectivity index (χ0) is 20.4. The highest BCUT2D eigenvalue weighted by atomic mass is 19.1. The topological polar surface area (TPSA) is 61.9 Å². The van der Waals surface area contributed by atoms with Crippen molar-refractivity contribution in [2.45, 2.75) is 26.8 Å². The largest absolute Gasteiger partial charge is 0.462 e. The van der Waals surface area contributed by atoms with Gasteiger partial charge in [0.15, 0.2) is 0 Å². The second kappa shape index (κ2) is 7.87. The molecular weight excluding hydrogens is 371 g/mol. The summed E-state index contributed by atoms with van der Waals surface area (Å²) in [5.74, 6) is 0.184. The fourth-order valence-corrected chi connectivity index (χ4v) is 3.48. The number of aryl methyl sites for hydroxylation is 1. The summed E-state index contributed by atoms with van der Waals surface area (Å²) in [5.41, 5.74) is 3.73. The number of aromatic nitrogens is 4. The molecule has 0 aliphatic heterocycles. The van der Waals surface area contributed by atoms with Crippen molar-refractivity contribution in [3.63, 3.8) is 0 Å². The first-order chi connectivity index (χ1) is 14.1. The minimum atomic E-state index is -0.355. The molecule has 0 amide bonds. The number of imidazole rings is 1. The molecular formula is C22H21FN4O2. The number of nitrogens with zero attached hydrogens (tertiary/aromatic N) is 4. The third kappa shape index (κ3) is 3.63. The highest BCUT2D eigenvalue weighted by Crippen LogP contribution is 2.22. The van der Waals surface area contributed by atoms with E-state index < -0.39 is 0 Å². The van der Waals surface area contributed by atoms with E-state index in [4.69, 9.17) is 9.72 Å². The lowest BCUT2D eigenvalue weighted by Gasteiger charge is -2.09. The predicted octanol–water partition coefficient (Wildman–Crippen LogP) is 4.15. The summed E-state index contributed by atoms with van der Waals surface area (Å²) in [6.45, 7) is 4.89. The van der Waals surface area contributed by atoms with Crippen molar-refractivity contribution in [3.05, 3.63) is 77.6 Å². The molecule has 0 fully saturated rings.